The molecule has 1 aromatic carbocycles. The third kappa shape index (κ3) is 2.88. The molecule has 5 nitrogen and oxygen atoms in total. The first-order valence-corrected chi connectivity index (χ1v) is 7.79. The van der Waals surface area contributed by atoms with Crippen LogP contribution in [0.2, 0.25) is 0 Å². The molecule has 6 heteroatoms. The number of nitrogens with zero attached hydrogens (tertiary/aromatic N) is 5. The summed E-state index contributed by atoms with van der Waals surface area (Å²) in [7, 11) is 2.02. The van der Waals surface area contributed by atoms with Crippen LogP contribution in [0.1, 0.15) is 25.5 Å². The van der Waals surface area contributed by atoms with E-state index in [9.17, 15) is 4.39 Å². The number of halogens is 1. The van der Waals surface area contributed by atoms with E-state index in [4.69, 9.17) is 0 Å². The van der Waals surface area contributed by atoms with Crippen LogP contribution in [0.3, 0.4) is 0 Å². The molecule has 0 fully saturated rings. The van der Waals surface area contributed by atoms with E-state index in [1.54, 1.807) is 10.7 Å². The van der Waals surface area contributed by atoms with Crippen molar-refractivity contribution in [3.8, 4) is 5.69 Å². The molecule has 0 spiro atoms. The fourth-order valence-electron chi connectivity index (χ4n) is 2.68. The van der Waals surface area contributed by atoms with E-state index in [2.05, 4.69) is 26.9 Å². The number of benzene rings is 1. The molecule has 3 rings (SSSR count). The molecule has 0 saturated carbocycles. The van der Waals surface area contributed by atoms with Crippen molar-refractivity contribution < 1.29 is 4.39 Å². The molecule has 0 aliphatic heterocycles. The van der Waals surface area contributed by atoms with Gasteiger partial charge >= 0.3 is 0 Å². The Kier molecular flexibility index (Phi) is 4.23. The Morgan fingerprint density at radius 1 is 1.26 bits per heavy atom. The normalized spacial score (nSPS) is 11.1. The minimum Gasteiger partial charge on any atom is -0.359 e. The third-order valence-corrected chi connectivity index (χ3v) is 3.88. The molecule has 0 atom stereocenters. The smallest absolute Gasteiger partial charge is 0.168 e. The minimum absolute atomic E-state index is 0.293. The quantitative estimate of drug-likeness (QED) is 0.723. The van der Waals surface area contributed by atoms with Crippen molar-refractivity contribution in [2.45, 2.75) is 26.7 Å². The molecule has 3 aromatic rings. The van der Waals surface area contributed by atoms with Gasteiger partial charge in [0.1, 0.15) is 18.0 Å². The average molecular weight is 313 g/mol. The Labute approximate surface area is 134 Å². The summed E-state index contributed by atoms with van der Waals surface area (Å²) in [5.74, 6) is 0.571. The molecule has 0 N–H and O–H groups in total. The number of fused-ring (bicyclic) bond motifs is 1. The molecule has 0 unspecified atom stereocenters. The summed E-state index contributed by atoms with van der Waals surface area (Å²) < 4.78 is 15.2. The fourth-order valence-corrected chi connectivity index (χ4v) is 2.68. The molecule has 2 heterocycles. The van der Waals surface area contributed by atoms with E-state index >= 15 is 0 Å². The lowest BCUT2D eigenvalue weighted by Gasteiger charge is -2.18. The van der Waals surface area contributed by atoms with Gasteiger partial charge in [-0.25, -0.2) is 19.0 Å². The largest absolute Gasteiger partial charge is 0.359 e. The van der Waals surface area contributed by atoms with E-state index in [1.807, 2.05) is 20.0 Å². The lowest BCUT2D eigenvalue weighted by atomic mass is 10.2. The topological polar surface area (TPSA) is 46.8 Å². The van der Waals surface area contributed by atoms with Gasteiger partial charge in [-0.3, -0.25) is 0 Å². The monoisotopic (exact) mass is 313 g/mol. The number of rotatable bonds is 5. The second-order valence-electron chi connectivity index (χ2n) is 5.65. The first-order valence-electron chi connectivity index (χ1n) is 7.79. The first kappa shape index (κ1) is 15.4. The number of unbranched alkanes of at least 4 members (excludes halogenated alkanes) is 1. The van der Waals surface area contributed by atoms with Crippen molar-refractivity contribution in [3.63, 3.8) is 0 Å². The molecule has 0 bridgehead atoms. The van der Waals surface area contributed by atoms with Crippen molar-refractivity contribution in [1.82, 2.24) is 19.7 Å². The van der Waals surface area contributed by atoms with Gasteiger partial charge in [-0.15, -0.1) is 0 Å². The molecule has 0 amide bonds. The van der Waals surface area contributed by atoms with E-state index in [-0.39, 0.29) is 5.82 Å². The fraction of sp³-hybridized carbons (Fsp3) is 0.353. The zero-order valence-electron chi connectivity index (χ0n) is 13.6. The molecular weight excluding hydrogens is 293 g/mol. The standard InChI is InChI=1S/C17H20FN5/c1-4-5-9-22(3)16-15-12(2)21-23(17(15)20-11-19-16)14-8-6-7-13(18)10-14/h6-8,10-11H,4-5,9H2,1-3H3. The van der Waals surface area contributed by atoms with Gasteiger partial charge in [-0.2, -0.15) is 5.10 Å². The van der Waals surface area contributed by atoms with Crippen molar-refractivity contribution in [2.24, 2.45) is 0 Å². The predicted octanol–water partition coefficient (Wildman–Crippen LogP) is 3.50. The van der Waals surface area contributed by atoms with Crippen LogP contribution in [-0.2, 0) is 0 Å². The molecule has 120 valence electrons. The molecule has 0 saturated heterocycles. The lowest BCUT2D eigenvalue weighted by Crippen LogP contribution is -2.20. The van der Waals surface area contributed by atoms with Gasteiger partial charge in [0.25, 0.3) is 0 Å². The number of aryl methyl sites for hydroxylation is 1. The summed E-state index contributed by atoms with van der Waals surface area (Å²) in [4.78, 5) is 10.9. The van der Waals surface area contributed by atoms with E-state index in [0.717, 1.165) is 36.3 Å². The highest BCUT2D eigenvalue weighted by Gasteiger charge is 2.17. The maximum absolute atomic E-state index is 13.5. The van der Waals surface area contributed by atoms with Crippen LogP contribution in [0.4, 0.5) is 10.2 Å². The van der Waals surface area contributed by atoms with Gasteiger partial charge in [0, 0.05) is 13.6 Å². The van der Waals surface area contributed by atoms with Gasteiger partial charge in [-0.1, -0.05) is 19.4 Å². The van der Waals surface area contributed by atoms with Gasteiger partial charge < -0.3 is 4.90 Å². The van der Waals surface area contributed by atoms with Crippen LogP contribution in [0.5, 0.6) is 0 Å². The highest BCUT2D eigenvalue weighted by Crippen LogP contribution is 2.27. The van der Waals surface area contributed by atoms with Crippen LogP contribution >= 0.6 is 0 Å². The van der Waals surface area contributed by atoms with E-state index < -0.39 is 0 Å². The molecule has 2 aromatic heterocycles. The van der Waals surface area contributed by atoms with Crippen LogP contribution in [-0.4, -0.2) is 33.3 Å². The van der Waals surface area contributed by atoms with Crippen molar-refractivity contribution in [3.05, 3.63) is 42.1 Å². The molecular formula is C17H20FN5. The van der Waals surface area contributed by atoms with E-state index in [1.165, 1.54) is 18.5 Å². The summed E-state index contributed by atoms with van der Waals surface area (Å²) in [5.41, 5.74) is 2.19. The first-order chi connectivity index (χ1) is 11.1. The Morgan fingerprint density at radius 2 is 2.09 bits per heavy atom. The maximum atomic E-state index is 13.5. The average Bonchev–Trinajstić information content (AvgIpc) is 2.90. The molecule has 0 radical (unpaired) electrons. The Bertz CT molecular complexity index is 827. The van der Waals surface area contributed by atoms with Crippen LogP contribution in [0.25, 0.3) is 16.7 Å². The maximum Gasteiger partial charge on any atom is 0.168 e. The van der Waals surface area contributed by atoms with Gasteiger partial charge in [0.05, 0.1) is 16.8 Å². The third-order valence-electron chi connectivity index (χ3n) is 3.88. The van der Waals surface area contributed by atoms with Crippen molar-refractivity contribution in [2.75, 3.05) is 18.5 Å². The number of hydrogen-bond acceptors (Lipinski definition) is 4. The highest BCUT2D eigenvalue weighted by molar-refractivity contribution is 5.90. The van der Waals surface area contributed by atoms with E-state index in [0.29, 0.717) is 11.3 Å². The Morgan fingerprint density at radius 3 is 2.83 bits per heavy atom. The Balaban J connectivity index is 2.13. The van der Waals surface area contributed by atoms with Crippen LogP contribution < -0.4 is 4.90 Å². The zero-order valence-corrected chi connectivity index (χ0v) is 13.6. The van der Waals surface area contributed by atoms with Crippen molar-refractivity contribution in [1.29, 1.82) is 0 Å². The number of hydrogen-bond donors (Lipinski definition) is 0. The summed E-state index contributed by atoms with van der Waals surface area (Å²) >= 11 is 0. The molecule has 23 heavy (non-hydrogen) atoms. The summed E-state index contributed by atoms with van der Waals surface area (Å²) in [6, 6.07) is 6.36. The van der Waals surface area contributed by atoms with Crippen LogP contribution in [0.15, 0.2) is 30.6 Å². The highest BCUT2D eigenvalue weighted by atomic mass is 19.1. The number of aromatic nitrogens is 4. The molecule has 0 aliphatic carbocycles. The summed E-state index contributed by atoms with van der Waals surface area (Å²) in [6.07, 6.45) is 3.76. The minimum atomic E-state index is -0.293. The second kappa shape index (κ2) is 6.32. The van der Waals surface area contributed by atoms with Crippen LogP contribution in [0, 0.1) is 12.7 Å². The summed E-state index contributed by atoms with van der Waals surface area (Å²) in [6.45, 7) is 5.02. The van der Waals surface area contributed by atoms with Gasteiger partial charge in [-0.05, 0) is 31.5 Å². The van der Waals surface area contributed by atoms with Gasteiger partial charge in [0.2, 0.25) is 0 Å². The zero-order chi connectivity index (χ0) is 16.4. The second-order valence-corrected chi connectivity index (χ2v) is 5.65. The summed E-state index contributed by atoms with van der Waals surface area (Å²) in [5, 5.41) is 5.46. The van der Waals surface area contributed by atoms with Gasteiger partial charge in [0.15, 0.2) is 5.65 Å². The SMILES string of the molecule is CCCCN(C)c1ncnc2c1c(C)nn2-c1cccc(F)c1. The molecule has 0 aliphatic rings. The lowest BCUT2D eigenvalue weighted by molar-refractivity contribution is 0.625. The Hall–Kier alpha value is -2.50. The van der Waals surface area contributed by atoms with Crippen molar-refractivity contribution >= 4 is 16.9 Å². The predicted molar refractivity (Wildman–Crippen MR) is 89.5 cm³/mol. The number of anilines is 1.